The van der Waals surface area contributed by atoms with Gasteiger partial charge in [-0.1, -0.05) is 0 Å². The molecule has 21 heavy (non-hydrogen) atoms. The van der Waals surface area contributed by atoms with Gasteiger partial charge in [0.05, 0.1) is 13.2 Å². The van der Waals surface area contributed by atoms with E-state index >= 15 is 0 Å². The summed E-state index contributed by atoms with van der Waals surface area (Å²) < 4.78 is 11.0. The Balaban J connectivity index is 2.10. The van der Waals surface area contributed by atoms with Crippen molar-refractivity contribution in [3.8, 4) is 5.88 Å². The van der Waals surface area contributed by atoms with E-state index in [2.05, 4.69) is 15.3 Å². The molecule has 0 aromatic carbocycles. The quantitative estimate of drug-likeness (QED) is 0.861. The van der Waals surface area contributed by atoms with Crippen LogP contribution in [0.1, 0.15) is 37.6 Å². The third kappa shape index (κ3) is 4.82. The molecule has 1 aromatic heterocycles. The molecule has 1 unspecified atom stereocenters. The van der Waals surface area contributed by atoms with Gasteiger partial charge >= 0.3 is 0 Å². The number of carbonyl (C=O) groups is 1. The van der Waals surface area contributed by atoms with E-state index in [-0.39, 0.29) is 28.2 Å². The molecule has 1 amide bonds. The predicted octanol–water partition coefficient (Wildman–Crippen LogP) is 2.07. The number of carbonyl (C=O) groups excluding carboxylic acids is 1. The Labute approximate surface area is 129 Å². The second kappa shape index (κ2) is 6.58. The fourth-order valence-corrected chi connectivity index (χ4v) is 2.06. The van der Waals surface area contributed by atoms with Crippen LogP contribution in [0.2, 0.25) is 5.28 Å². The van der Waals surface area contributed by atoms with Crippen molar-refractivity contribution in [2.75, 3.05) is 19.8 Å². The van der Waals surface area contributed by atoms with Gasteiger partial charge in [0.25, 0.3) is 5.91 Å². The number of amides is 1. The Kier molecular flexibility index (Phi) is 5.00. The van der Waals surface area contributed by atoms with Crippen LogP contribution in [-0.4, -0.2) is 41.2 Å². The van der Waals surface area contributed by atoms with Gasteiger partial charge in [0, 0.05) is 24.3 Å². The van der Waals surface area contributed by atoms with E-state index < -0.39 is 0 Å². The molecule has 1 aliphatic heterocycles. The summed E-state index contributed by atoms with van der Waals surface area (Å²) in [7, 11) is 0. The van der Waals surface area contributed by atoms with Crippen molar-refractivity contribution in [2.45, 2.75) is 32.7 Å². The second-order valence-electron chi connectivity index (χ2n) is 6.10. The van der Waals surface area contributed by atoms with Crippen molar-refractivity contribution < 1.29 is 14.3 Å². The predicted molar refractivity (Wildman–Crippen MR) is 78.7 cm³/mol. The molecular weight excluding hydrogens is 294 g/mol. The average molecular weight is 314 g/mol. The van der Waals surface area contributed by atoms with Crippen molar-refractivity contribution in [1.82, 2.24) is 15.3 Å². The van der Waals surface area contributed by atoms with E-state index in [1.807, 2.05) is 20.8 Å². The number of hydrogen-bond acceptors (Lipinski definition) is 5. The van der Waals surface area contributed by atoms with E-state index in [1.165, 1.54) is 6.20 Å². The van der Waals surface area contributed by atoms with Gasteiger partial charge in [0.15, 0.2) is 0 Å². The minimum Gasteiger partial charge on any atom is -0.477 e. The van der Waals surface area contributed by atoms with Crippen LogP contribution >= 0.6 is 11.6 Å². The van der Waals surface area contributed by atoms with Gasteiger partial charge in [-0.25, -0.2) is 4.98 Å². The molecule has 2 rings (SSSR count). The molecule has 1 aliphatic rings. The summed E-state index contributed by atoms with van der Waals surface area (Å²) in [5.74, 6) is 0.248. The van der Waals surface area contributed by atoms with Crippen molar-refractivity contribution in [1.29, 1.82) is 0 Å². The van der Waals surface area contributed by atoms with E-state index in [1.54, 1.807) is 0 Å². The lowest BCUT2D eigenvalue weighted by molar-refractivity contribution is 0.0912. The number of halogens is 1. The van der Waals surface area contributed by atoms with Crippen LogP contribution < -0.4 is 10.1 Å². The molecular formula is C14H20ClN3O3. The van der Waals surface area contributed by atoms with Gasteiger partial charge in [-0.3, -0.25) is 4.79 Å². The largest absolute Gasteiger partial charge is 0.477 e. The van der Waals surface area contributed by atoms with Crippen LogP contribution in [0.15, 0.2) is 6.20 Å². The molecule has 1 atom stereocenters. The Morgan fingerprint density at radius 1 is 1.57 bits per heavy atom. The molecule has 0 spiro atoms. The highest BCUT2D eigenvalue weighted by molar-refractivity contribution is 6.28. The summed E-state index contributed by atoms with van der Waals surface area (Å²) in [6, 6.07) is 0. The summed E-state index contributed by atoms with van der Waals surface area (Å²) in [6.45, 7) is 7.57. The fraction of sp³-hybridized carbons (Fsp3) is 0.643. The Morgan fingerprint density at radius 3 is 2.95 bits per heavy atom. The van der Waals surface area contributed by atoms with Gasteiger partial charge < -0.3 is 14.8 Å². The molecule has 1 saturated heterocycles. The van der Waals surface area contributed by atoms with E-state index in [9.17, 15) is 4.79 Å². The van der Waals surface area contributed by atoms with Gasteiger partial charge in [-0.05, 0) is 38.8 Å². The monoisotopic (exact) mass is 313 g/mol. The first kappa shape index (κ1) is 16.0. The first-order valence-corrected chi connectivity index (χ1v) is 7.28. The molecule has 1 aromatic rings. The van der Waals surface area contributed by atoms with Crippen LogP contribution in [0.4, 0.5) is 0 Å². The maximum atomic E-state index is 12.2. The minimum atomic E-state index is -0.354. The molecule has 7 heteroatoms. The SMILES string of the molecule is CC(C)(C)NC(=O)c1cnc(Cl)nc1OCC1CCOC1. The first-order chi connectivity index (χ1) is 9.85. The standard InChI is InChI=1S/C14H20ClN3O3/c1-14(2,3)18-11(19)10-6-16-13(15)17-12(10)21-8-9-4-5-20-7-9/h6,9H,4-5,7-8H2,1-3H3,(H,18,19). The van der Waals surface area contributed by atoms with Crippen LogP contribution in [0, 0.1) is 5.92 Å². The van der Waals surface area contributed by atoms with Crippen LogP contribution in [0.25, 0.3) is 0 Å². The molecule has 116 valence electrons. The lowest BCUT2D eigenvalue weighted by Crippen LogP contribution is -2.40. The number of aromatic nitrogens is 2. The zero-order valence-electron chi connectivity index (χ0n) is 12.5. The highest BCUT2D eigenvalue weighted by atomic mass is 35.5. The van der Waals surface area contributed by atoms with Crippen LogP contribution in [-0.2, 0) is 4.74 Å². The number of ether oxygens (including phenoxy) is 2. The van der Waals surface area contributed by atoms with Crippen LogP contribution in [0.5, 0.6) is 5.88 Å². The Hall–Kier alpha value is -1.40. The molecule has 6 nitrogen and oxygen atoms in total. The smallest absolute Gasteiger partial charge is 0.258 e. The summed E-state index contributed by atoms with van der Waals surface area (Å²) in [4.78, 5) is 20.1. The van der Waals surface area contributed by atoms with E-state index in [0.29, 0.717) is 19.1 Å². The summed E-state index contributed by atoms with van der Waals surface area (Å²) >= 11 is 5.79. The minimum absolute atomic E-state index is 0.0555. The summed E-state index contributed by atoms with van der Waals surface area (Å²) in [5, 5.41) is 2.91. The molecule has 0 saturated carbocycles. The topological polar surface area (TPSA) is 73.3 Å². The maximum Gasteiger partial charge on any atom is 0.258 e. The Morgan fingerprint density at radius 2 is 2.33 bits per heavy atom. The number of hydrogen-bond donors (Lipinski definition) is 1. The lowest BCUT2D eigenvalue weighted by Gasteiger charge is -2.21. The third-order valence-corrected chi connectivity index (χ3v) is 3.12. The maximum absolute atomic E-state index is 12.2. The average Bonchev–Trinajstić information content (AvgIpc) is 2.87. The fourth-order valence-electron chi connectivity index (χ4n) is 1.93. The molecule has 1 fully saturated rings. The summed E-state index contributed by atoms with van der Waals surface area (Å²) in [6.07, 6.45) is 2.33. The molecule has 0 aliphatic carbocycles. The zero-order valence-corrected chi connectivity index (χ0v) is 13.2. The van der Waals surface area contributed by atoms with E-state index in [0.717, 1.165) is 13.0 Å². The van der Waals surface area contributed by atoms with E-state index in [4.69, 9.17) is 21.1 Å². The lowest BCUT2D eigenvalue weighted by atomic mass is 10.1. The van der Waals surface area contributed by atoms with Crippen molar-refractivity contribution in [2.24, 2.45) is 5.92 Å². The number of rotatable bonds is 4. The van der Waals surface area contributed by atoms with Crippen molar-refractivity contribution >= 4 is 17.5 Å². The second-order valence-corrected chi connectivity index (χ2v) is 6.44. The van der Waals surface area contributed by atoms with Crippen molar-refractivity contribution in [3.05, 3.63) is 17.0 Å². The highest BCUT2D eigenvalue weighted by Gasteiger charge is 2.22. The molecule has 2 heterocycles. The Bertz CT molecular complexity index is 511. The van der Waals surface area contributed by atoms with Gasteiger partial charge in [0.2, 0.25) is 11.2 Å². The van der Waals surface area contributed by atoms with Gasteiger partial charge in [-0.2, -0.15) is 4.98 Å². The normalized spacial score (nSPS) is 18.6. The zero-order chi connectivity index (χ0) is 15.5. The molecule has 1 N–H and O–H groups in total. The first-order valence-electron chi connectivity index (χ1n) is 6.91. The number of nitrogens with zero attached hydrogens (tertiary/aromatic N) is 2. The summed E-state index contributed by atoms with van der Waals surface area (Å²) in [5.41, 5.74) is -0.0685. The highest BCUT2D eigenvalue weighted by Crippen LogP contribution is 2.20. The molecule has 0 bridgehead atoms. The van der Waals surface area contributed by atoms with Crippen LogP contribution in [0.3, 0.4) is 0 Å². The van der Waals surface area contributed by atoms with Crippen molar-refractivity contribution in [3.63, 3.8) is 0 Å². The number of nitrogens with one attached hydrogen (secondary N) is 1. The molecule has 0 radical (unpaired) electrons. The van der Waals surface area contributed by atoms with Gasteiger partial charge in [0.1, 0.15) is 5.56 Å². The third-order valence-electron chi connectivity index (χ3n) is 2.94. The van der Waals surface area contributed by atoms with Gasteiger partial charge in [-0.15, -0.1) is 0 Å².